The summed E-state index contributed by atoms with van der Waals surface area (Å²) in [5.41, 5.74) is 0. The van der Waals surface area contributed by atoms with E-state index in [1.54, 1.807) is 0 Å². The zero-order chi connectivity index (χ0) is 60.7. The number of esters is 1. The van der Waals surface area contributed by atoms with Crippen LogP contribution in [0, 0.1) is 0 Å². The van der Waals surface area contributed by atoms with Gasteiger partial charge in [0.05, 0.1) is 33.8 Å². The highest BCUT2D eigenvalue weighted by Gasteiger charge is 2.27. The van der Waals surface area contributed by atoms with Crippen LogP contribution in [0.15, 0.2) is 48.6 Å². The molecule has 0 saturated heterocycles. The molecule has 0 fully saturated rings. The van der Waals surface area contributed by atoms with E-state index in [0.717, 1.165) is 77.0 Å². The third-order valence-electron chi connectivity index (χ3n) is 16.3. The number of nitrogens with one attached hydrogen (secondary N) is 1. The van der Waals surface area contributed by atoms with Crippen LogP contribution >= 0.6 is 7.82 Å². The number of rotatable bonds is 66. The van der Waals surface area contributed by atoms with Crippen molar-refractivity contribution in [2.45, 2.75) is 367 Å². The van der Waals surface area contributed by atoms with Crippen molar-refractivity contribution in [2.24, 2.45) is 0 Å². The maximum absolute atomic E-state index is 13.6. The first kappa shape index (κ1) is 81.0. The number of likely N-dealkylation sites (N-methyl/N-ethyl adjacent to an activating group) is 1. The number of ether oxygens (including phenoxy) is 1. The molecular weight excluding hydrogens is 1050 g/mol. The number of carbonyl (C=O) groups is 2. The molecule has 0 rings (SSSR count). The lowest BCUT2D eigenvalue weighted by Gasteiger charge is -2.30. The molecule has 0 aliphatic rings. The summed E-state index contributed by atoms with van der Waals surface area (Å²) >= 11 is 0. The molecule has 1 amide bonds. The van der Waals surface area contributed by atoms with Crippen LogP contribution in [-0.4, -0.2) is 69.4 Å². The van der Waals surface area contributed by atoms with Gasteiger partial charge in [-0.1, -0.05) is 320 Å². The number of hydrogen-bond acceptors (Lipinski definition) is 7. The first-order valence-electron chi connectivity index (χ1n) is 35.9. The largest absolute Gasteiger partial charge is 0.756 e. The Balaban J connectivity index is 5.03. The molecular formula is C73H139N2O7P. The third-order valence-corrected chi connectivity index (χ3v) is 17.2. The lowest BCUT2D eigenvalue weighted by Crippen LogP contribution is -2.47. The zero-order valence-corrected chi connectivity index (χ0v) is 56.8. The summed E-state index contributed by atoms with van der Waals surface area (Å²) in [4.78, 5) is 40.2. The Hall–Kier alpha value is -2.03. The SMILES string of the molecule is CCCCC/C=C\C/C=C\C/C=C\CCCCCCC(=O)NC(COP(=O)([O-])OCC[N+](C)(C)C)C(/C=C\CCCCCCCCCCCCC)OC(=O)CCCCCCCCCCCCCCCCCCCCCCCCCCCCC. The maximum Gasteiger partial charge on any atom is 0.306 e. The van der Waals surface area contributed by atoms with E-state index < -0.39 is 26.6 Å². The summed E-state index contributed by atoms with van der Waals surface area (Å²) in [5.74, 6) is -0.550. The number of quaternary nitrogens is 1. The fourth-order valence-corrected chi connectivity index (χ4v) is 11.4. The van der Waals surface area contributed by atoms with Gasteiger partial charge in [-0.15, -0.1) is 0 Å². The van der Waals surface area contributed by atoms with E-state index in [2.05, 4.69) is 62.5 Å². The predicted molar refractivity (Wildman–Crippen MR) is 358 cm³/mol. The fraction of sp³-hybridized carbons (Fsp3) is 0.863. The average molecular weight is 1190 g/mol. The molecule has 1 N–H and O–H groups in total. The molecule has 9 nitrogen and oxygen atoms in total. The van der Waals surface area contributed by atoms with E-state index in [4.69, 9.17) is 13.8 Å². The molecule has 0 aromatic heterocycles. The molecule has 0 bridgehead atoms. The van der Waals surface area contributed by atoms with Gasteiger partial charge in [-0.05, 0) is 70.3 Å². The minimum atomic E-state index is -4.71. The van der Waals surface area contributed by atoms with Crippen LogP contribution in [0.25, 0.3) is 0 Å². The van der Waals surface area contributed by atoms with Crippen LogP contribution in [0.2, 0.25) is 0 Å². The minimum Gasteiger partial charge on any atom is -0.756 e. The second-order valence-corrected chi connectivity index (χ2v) is 27.2. The van der Waals surface area contributed by atoms with Crippen molar-refractivity contribution in [3.63, 3.8) is 0 Å². The van der Waals surface area contributed by atoms with Gasteiger partial charge in [-0.2, -0.15) is 0 Å². The molecule has 83 heavy (non-hydrogen) atoms. The predicted octanol–water partition coefficient (Wildman–Crippen LogP) is 22.2. The summed E-state index contributed by atoms with van der Waals surface area (Å²) in [6, 6.07) is -0.899. The second-order valence-electron chi connectivity index (χ2n) is 25.7. The van der Waals surface area contributed by atoms with Crippen LogP contribution in [0.3, 0.4) is 0 Å². The van der Waals surface area contributed by atoms with Crippen molar-refractivity contribution in [1.82, 2.24) is 5.32 Å². The van der Waals surface area contributed by atoms with Gasteiger partial charge in [0.15, 0.2) is 0 Å². The molecule has 0 radical (unpaired) electrons. The number of phosphoric acid groups is 1. The van der Waals surface area contributed by atoms with Crippen molar-refractivity contribution in [1.29, 1.82) is 0 Å². The van der Waals surface area contributed by atoms with Crippen molar-refractivity contribution in [3.05, 3.63) is 48.6 Å². The van der Waals surface area contributed by atoms with E-state index in [9.17, 15) is 19.0 Å². The van der Waals surface area contributed by atoms with E-state index in [1.807, 2.05) is 33.3 Å². The van der Waals surface area contributed by atoms with Gasteiger partial charge in [0.25, 0.3) is 7.82 Å². The maximum atomic E-state index is 13.6. The van der Waals surface area contributed by atoms with Gasteiger partial charge < -0.3 is 28.5 Å². The number of unbranched alkanes of at least 4 members (excludes halogenated alkanes) is 44. The van der Waals surface area contributed by atoms with Gasteiger partial charge in [-0.3, -0.25) is 14.2 Å². The second kappa shape index (κ2) is 63.0. The molecule has 3 atom stereocenters. The summed E-state index contributed by atoms with van der Waals surface area (Å²) in [6.07, 6.45) is 79.6. The molecule has 0 heterocycles. The van der Waals surface area contributed by atoms with Crippen molar-refractivity contribution in [3.8, 4) is 0 Å². The molecule has 3 unspecified atom stereocenters. The highest BCUT2D eigenvalue weighted by Crippen LogP contribution is 2.38. The Labute approximate surface area is 516 Å². The van der Waals surface area contributed by atoms with Crippen molar-refractivity contribution < 1.29 is 37.3 Å². The highest BCUT2D eigenvalue weighted by molar-refractivity contribution is 7.45. The zero-order valence-electron chi connectivity index (χ0n) is 55.9. The van der Waals surface area contributed by atoms with E-state index in [1.165, 1.54) is 238 Å². The Morgan fingerprint density at radius 3 is 1.12 bits per heavy atom. The Morgan fingerprint density at radius 1 is 0.422 bits per heavy atom. The quantitative estimate of drug-likeness (QED) is 0.0212. The number of phosphoric ester groups is 1. The Morgan fingerprint density at radius 2 is 0.735 bits per heavy atom. The first-order chi connectivity index (χ1) is 40.4. The van der Waals surface area contributed by atoms with Gasteiger partial charge in [0.2, 0.25) is 5.91 Å². The van der Waals surface area contributed by atoms with Crippen LogP contribution in [0.4, 0.5) is 0 Å². The van der Waals surface area contributed by atoms with Crippen LogP contribution in [0.5, 0.6) is 0 Å². The lowest BCUT2D eigenvalue weighted by atomic mass is 10.0. The summed E-state index contributed by atoms with van der Waals surface area (Å²) in [5, 5.41) is 3.03. The number of nitrogens with zero attached hydrogens (tertiary/aromatic N) is 1. The van der Waals surface area contributed by atoms with Gasteiger partial charge in [-0.25, -0.2) is 0 Å². The molecule has 488 valence electrons. The molecule has 0 spiro atoms. The molecule has 0 aromatic carbocycles. The average Bonchev–Trinajstić information content (AvgIpc) is 3.46. The number of hydrogen-bond donors (Lipinski definition) is 1. The van der Waals surface area contributed by atoms with Gasteiger partial charge >= 0.3 is 5.97 Å². The number of carbonyl (C=O) groups excluding carboxylic acids is 2. The summed E-state index contributed by atoms with van der Waals surface area (Å²) in [6.45, 7) is 6.85. The third kappa shape index (κ3) is 64.3. The standard InChI is InChI=1S/C73H139N2O7P/c1-7-10-13-16-19-22-25-28-30-32-33-34-35-36-37-38-39-40-41-43-45-48-51-54-57-60-63-66-73(77)82-71(64-61-58-55-52-49-46-27-24-21-18-15-12-9-3)70(69-81-83(78,79)80-68-67-75(4,5)6)74-72(76)65-62-59-56-53-50-47-44-42-31-29-26-23-20-17-14-11-8-2/h20,23,29,31,44,47,61,64,70-71H,7-19,21-22,24-28,30,32-43,45-46,48-60,62-63,65-69H2,1-6H3,(H-,74,76,78,79)/b23-20-,31-29-,47-44-,64-61-. The smallest absolute Gasteiger partial charge is 0.306 e. The van der Waals surface area contributed by atoms with Gasteiger partial charge in [0.1, 0.15) is 19.3 Å². The topological polar surface area (TPSA) is 114 Å². The van der Waals surface area contributed by atoms with E-state index >= 15 is 0 Å². The van der Waals surface area contributed by atoms with Crippen LogP contribution in [-0.2, 0) is 27.9 Å². The van der Waals surface area contributed by atoms with Crippen molar-refractivity contribution in [2.75, 3.05) is 40.9 Å². The molecule has 0 aromatic rings. The van der Waals surface area contributed by atoms with E-state index in [0.29, 0.717) is 23.9 Å². The molecule has 0 saturated carbocycles. The summed E-state index contributed by atoms with van der Waals surface area (Å²) in [7, 11) is 1.18. The van der Waals surface area contributed by atoms with Crippen molar-refractivity contribution >= 4 is 19.7 Å². The minimum absolute atomic E-state index is 0.0256. The monoisotopic (exact) mass is 1190 g/mol. The van der Waals surface area contributed by atoms with Gasteiger partial charge in [0, 0.05) is 12.8 Å². The van der Waals surface area contributed by atoms with Crippen LogP contribution < -0.4 is 10.2 Å². The summed E-state index contributed by atoms with van der Waals surface area (Å²) < 4.78 is 30.4. The Bertz CT molecular complexity index is 1560. The molecule has 0 aliphatic carbocycles. The number of amides is 1. The Kier molecular flexibility index (Phi) is 61.5. The molecule has 0 aliphatic heterocycles. The van der Waals surface area contributed by atoms with E-state index in [-0.39, 0.29) is 24.9 Å². The lowest BCUT2D eigenvalue weighted by molar-refractivity contribution is -0.870. The first-order valence-corrected chi connectivity index (χ1v) is 37.4. The fourth-order valence-electron chi connectivity index (χ4n) is 10.7. The number of allylic oxidation sites excluding steroid dienone is 7. The molecule has 10 heteroatoms. The highest BCUT2D eigenvalue weighted by atomic mass is 31.2. The van der Waals surface area contributed by atoms with Crippen LogP contribution in [0.1, 0.15) is 355 Å². The normalized spacial score (nSPS) is 13.8.